The lowest BCUT2D eigenvalue weighted by Crippen LogP contribution is -2.59. The van der Waals surface area contributed by atoms with Gasteiger partial charge >= 0.3 is 18.0 Å². The number of hydrogen-bond acceptors (Lipinski definition) is 7. The fourth-order valence-electron chi connectivity index (χ4n) is 6.55. The van der Waals surface area contributed by atoms with Crippen LogP contribution in [0.5, 0.6) is 5.75 Å². The van der Waals surface area contributed by atoms with Crippen LogP contribution in [0.2, 0.25) is 0 Å². The normalized spacial score (nSPS) is 27.5. The highest BCUT2D eigenvalue weighted by molar-refractivity contribution is 7.92. The molecule has 3 unspecified atom stereocenters. The molecule has 3 aliphatic rings. The van der Waals surface area contributed by atoms with Gasteiger partial charge in [-0.15, -0.1) is 0 Å². The van der Waals surface area contributed by atoms with Gasteiger partial charge in [0.25, 0.3) is 5.91 Å². The van der Waals surface area contributed by atoms with Gasteiger partial charge in [-0.3, -0.25) is 4.79 Å². The van der Waals surface area contributed by atoms with Crippen LogP contribution in [0, 0.1) is 0 Å². The first-order valence-electron chi connectivity index (χ1n) is 13.9. The van der Waals surface area contributed by atoms with Crippen molar-refractivity contribution in [2.75, 3.05) is 24.7 Å². The molecule has 2 fully saturated rings. The third kappa shape index (κ3) is 5.18. The van der Waals surface area contributed by atoms with Crippen molar-refractivity contribution in [3.63, 3.8) is 0 Å². The molecular weight excluding hydrogens is 659 g/mol. The summed E-state index contributed by atoms with van der Waals surface area (Å²) < 4.78 is 153. The number of sulfone groups is 2. The molecule has 0 bridgehead atoms. The highest BCUT2D eigenvalue weighted by Crippen LogP contribution is 2.57. The number of ether oxygens (including phenoxy) is 1. The van der Waals surface area contributed by atoms with Crippen LogP contribution in [-0.2, 0) is 34.9 Å². The second-order valence-corrected chi connectivity index (χ2v) is 16.0. The Kier molecular flexibility index (Phi) is 8.04. The van der Waals surface area contributed by atoms with E-state index in [1.807, 2.05) is 0 Å². The van der Waals surface area contributed by atoms with Crippen molar-refractivity contribution in [3.05, 3.63) is 59.7 Å². The molecule has 0 aromatic heterocycles. The largest absolute Gasteiger partial charge is 0.491 e. The fraction of sp³-hybridized carbons (Fsp3) is 0.536. The van der Waals surface area contributed by atoms with Crippen molar-refractivity contribution >= 4 is 25.6 Å². The summed E-state index contributed by atoms with van der Waals surface area (Å²) in [6, 6.07) is 6.30. The van der Waals surface area contributed by atoms with E-state index in [0.717, 1.165) is 4.90 Å². The molecular formula is C28H28F7NO7S2. The molecule has 3 atom stereocenters. The van der Waals surface area contributed by atoms with E-state index < -0.39 is 96.5 Å². The van der Waals surface area contributed by atoms with E-state index in [2.05, 4.69) is 0 Å². The summed E-state index contributed by atoms with van der Waals surface area (Å²) in [5.74, 6) is -2.36. The number of nitrogens with zero attached hydrogens (tertiary/aromatic N) is 1. The van der Waals surface area contributed by atoms with Gasteiger partial charge in [0.2, 0.25) is 0 Å². The lowest BCUT2D eigenvalue weighted by molar-refractivity contribution is -0.348. The standard InChI is InChI=1S/C28H28F7NO7S2/c29-26(27(30,31)32,28(33,34)35)18-8-9-20-21(16-18)43-17-22-25(20,45(41,42)19-6-2-1-3-7-19)11-13-36(22)23(37)24(38)10-4-5-14-44(39,40)15-12-24/h1-3,6-9,16,22,38H,4-5,10-15,17H2. The number of benzene rings is 2. The minimum atomic E-state index is -6.43. The number of carbonyl (C=O) groups is 1. The topological polar surface area (TPSA) is 118 Å². The van der Waals surface area contributed by atoms with Crippen LogP contribution in [0.4, 0.5) is 30.7 Å². The zero-order valence-corrected chi connectivity index (χ0v) is 25.0. The number of aliphatic hydroxyl groups is 1. The maximum absolute atomic E-state index is 15.0. The number of hydrogen-bond donors (Lipinski definition) is 1. The van der Waals surface area contributed by atoms with E-state index in [9.17, 15) is 57.5 Å². The molecule has 3 heterocycles. The summed E-state index contributed by atoms with van der Waals surface area (Å²) in [4.78, 5) is 14.7. The van der Waals surface area contributed by atoms with E-state index in [1.165, 1.54) is 30.3 Å². The van der Waals surface area contributed by atoms with Gasteiger partial charge in [0.1, 0.15) is 32.5 Å². The van der Waals surface area contributed by atoms with Crippen molar-refractivity contribution in [1.29, 1.82) is 0 Å². The van der Waals surface area contributed by atoms with Crippen LogP contribution in [0.3, 0.4) is 0 Å². The summed E-state index contributed by atoms with van der Waals surface area (Å²) >= 11 is 0. The van der Waals surface area contributed by atoms with E-state index in [1.54, 1.807) is 0 Å². The van der Waals surface area contributed by atoms with Gasteiger partial charge in [0, 0.05) is 17.7 Å². The van der Waals surface area contributed by atoms with E-state index in [-0.39, 0.29) is 54.2 Å². The van der Waals surface area contributed by atoms with Gasteiger partial charge < -0.3 is 14.7 Å². The molecule has 8 nitrogen and oxygen atoms in total. The summed E-state index contributed by atoms with van der Waals surface area (Å²) in [5.41, 5.74) is -10.3. The Morgan fingerprint density at radius 1 is 0.911 bits per heavy atom. The molecule has 17 heteroatoms. The third-order valence-electron chi connectivity index (χ3n) is 8.97. The van der Waals surface area contributed by atoms with Crippen LogP contribution in [0.25, 0.3) is 0 Å². The van der Waals surface area contributed by atoms with Crippen molar-refractivity contribution in [2.24, 2.45) is 0 Å². The number of carbonyl (C=O) groups excluding carboxylic acids is 1. The Bertz CT molecular complexity index is 1680. The maximum atomic E-state index is 15.0. The first-order valence-corrected chi connectivity index (χ1v) is 17.2. The average Bonchev–Trinajstić information content (AvgIpc) is 3.37. The van der Waals surface area contributed by atoms with Gasteiger partial charge in [-0.05, 0) is 50.3 Å². The van der Waals surface area contributed by atoms with Gasteiger partial charge in [-0.25, -0.2) is 21.2 Å². The second kappa shape index (κ2) is 10.8. The molecule has 2 aromatic rings. The SMILES string of the molecule is O=C(N1CCC2(S(=O)(=O)c3ccccc3)c3ccc(C(F)(C(F)(F)F)C(F)(F)F)cc3OCC12)C1(O)CCCCS(=O)(=O)CC1. The van der Waals surface area contributed by atoms with Gasteiger partial charge in [-0.2, -0.15) is 26.3 Å². The van der Waals surface area contributed by atoms with Crippen molar-refractivity contribution in [3.8, 4) is 5.75 Å². The minimum absolute atomic E-state index is 0.127. The molecule has 0 saturated carbocycles. The molecule has 3 aliphatic heterocycles. The Hall–Kier alpha value is -2.92. The maximum Gasteiger partial charge on any atom is 0.435 e. The molecule has 0 spiro atoms. The Morgan fingerprint density at radius 2 is 1.56 bits per heavy atom. The van der Waals surface area contributed by atoms with Crippen LogP contribution in [0.1, 0.15) is 43.2 Å². The number of likely N-dealkylation sites (tertiary alicyclic amines) is 1. The number of alkyl halides is 7. The van der Waals surface area contributed by atoms with Gasteiger partial charge in [-0.1, -0.05) is 30.3 Å². The molecule has 45 heavy (non-hydrogen) atoms. The molecule has 248 valence electrons. The highest BCUT2D eigenvalue weighted by Gasteiger charge is 2.74. The number of rotatable bonds is 4. The molecule has 2 aromatic carbocycles. The van der Waals surface area contributed by atoms with Crippen molar-refractivity contribution < 1.29 is 62.2 Å². The zero-order chi connectivity index (χ0) is 33.3. The monoisotopic (exact) mass is 687 g/mol. The average molecular weight is 688 g/mol. The number of halogens is 7. The van der Waals surface area contributed by atoms with Crippen LogP contribution >= 0.6 is 0 Å². The predicted octanol–water partition coefficient (Wildman–Crippen LogP) is 4.36. The number of fused-ring (bicyclic) bond motifs is 3. The quantitative estimate of drug-likeness (QED) is 0.475. The van der Waals surface area contributed by atoms with Crippen molar-refractivity contribution in [1.82, 2.24) is 4.90 Å². The van der Waals surface area contributed by atoms with E-state index >= 15 is 0 Å². The molecule has 0 aliphatic carbocycles. The molecule has 1 N–H and O–H groups in total. The predicted molar refractivity (Wildman–Crippen MR) is 144 cm³/mol. The first-order chi connectivity index (χ1) is 20.7. The van der Waals surface area contributed by atoms with E-state index in [0.29, 0.717) is 6.07 Å². The summed E-state index contributed by atoms with van der Waals surface area (Å²) in [6.45, 7) is -1.09. The molecule has 1 amide bonds. The zero-order valence-electron chi connectivity index (χ0n) is 23.4. The number of amides is 1. The molecule has 0 radical (unpaired) electrons. The lowest BCUT2D eigenvalue weighted by Gasteiger charge is -2.44. The van der Waals surface area contributed by atoms with Crippen LogP contribution in [0.15, 0.2) is 53.4 Å². The Morgan fingerprint density at radius 3 is 2.18 bits per heavy atom. The van der Waals surface area contributed by atoms with Crippen molar-refractivity contribution in [2.45, 2.75) is 71.4 Å². The fourth-order valence-corrected chi connectivity index (χ4v) is 10.3. The minimum Gasteiger partial charge on any atom is -0.491 e. The summed E-state index contributed by atoms with van der Waals surface area (Å²) in [5, 5.41) is 11.4. The lowest BCUT2D eigenvalue weighted by atomic mass is 9.84. The smallest absolute Gasteiger partial charge is 0.435 e. The van der Waals surface area contributed by atoms with Crippen LogP contribution in [-0.4, -0.2) is 81.4 Å². The van der Waals surface area contributed by atoms with Crippen LogP contribution < -0.4 is 4.74 Å². The molecule has 5 rings (SSSR count). The molecule has 2 saturated heterocycles. The Labute approximate surface area is 254 Å². The Balaban J connectivity index is 1.65. The van der Waals surface area contributed by atoms with Gasteiger partial charge in [0.15, 0.2) is 9.84 Å². The van der Waals surface area contributed by atoms with Gasteiger partial charge in [0.05, 0.1) is 22.4 Å². The third-order valence-corrected chi connectivity index (χ3v) is 13.3. The summed E-state index contributed by atoms with van der Waals surface area (Å²) in [7, 11) is -8.20. The second-order valence-electron chi connectivity index (χ2n) is 11.5. The van der Waals surface area contributed by atoms with E-state index in [4.69, 9.17) is 4.74 Å². The first kappa shape index (κ1) is 33.4. The highest BCUT2D eigenvalue weighted by atomic mass is 32.2. The summed E-state index contributed by atoms with van der Waals surface area (Å²) in [6.07, 6.45) is -13.5.